The van der Waals surface area contributed by atoms with Crippen molar-refractivity contribution in [1.82, 2.24) is 5.32 Å². The lowest BCUT2D eigenvalue weighted by Crippen LogP contribution is -2.39. The normalized spacial score (nSPS) is 28.3. The van der Waals surface area contributed by atoms with Gasteiger partial charge in [0, 0.05) is 5.92 Å². The van der Waals surface area contributed by atoms with E-state index < -0.39 is 0 Å². The number of aliphatic hydroxyl groups excluding tert-OH is 1. The molecule has 0 amide bonds. The van der Waals surface area contributed by atoms with Crippen LogP contribution in [-0.2, 0) is 0 Å². The van der Waals surface area contributed by atoms with Crippen molar-refractivity contribution < 1.29 is 5.11 Å². The number of rotatable bonds is 5. The molecule has 1 aliphatic rings. The average molecular weight is 225 g/mol. The zero-order valence-corrected chi connectivity index (χ0v) is 11.2. The van der Waals surface area contributed by atoms with Crippen molar-refractivity contribution in [3.05, 3.63) is 11.1 Å². The summed E-state index contributed by atoms with van der Waals surface area (Å²) in [6, 6.07) is 0. The van der Waals surface area contributed by atoms with Crippen LogP contribution in [0.5, 0.6) is 0 Å². The van der Waals surface area contributed by atoms with Crippen molar-refractivity contribution in [2.75, 3.05) is 7.05 Å². The van der Waals surface area contributed by atoms with Crippen LogP contribution < -0.4 is 5.32 Å². The molecule has 3 unspecified atom stereocenters. The second-order valence-electron chi connectivity index (χ2n) is 5.01. The van der Waals surface area contributed by atoms with E-state index in [4.69, 9.17) is 0 Å². The van der Waals surface area contributed by atoms with Gasteiger partial charge in [-0.15, -0.1) is 0 Å². The Hall–Kier alpha value is -0.340. The fourth-order valence-corrected chi connectivity index (χ4v) is 3.08. The second-order valence-corrected chi connectivity index (χ2v) is 5.01. The number of allylic oxidation sites excluding steroid dienone is 1. The first-order valence-corrected chi connectivity index (χ1v) is 6.71. The third kappa shape index (κ3) is 2.86. The highest BCUT2D eigenvalue weighted by Crippen LogP contribution is 2.39. The molecule has 0 saturated heterocycles. The Balaban J connectivity index is 2.95. The Morgan fingerprint density at radius 1 is 1.44 bits per heavy atom. The molecule has 0 aromatic rings. The molecule has 0 heterocycles. The van der Waals surface area contributed by atoms with Crippen molar-refractivity contribution >= 4 is 0 Å². The van der Waals surface area contributed by atoms with Crippen molar-refractivity contribution in [2.45, 2.75) is 59.1 Å². The largest absolute Gasteiger partial charge is 0.378 e. The zero-order valence-electron chi connectivity index (χ0n) is 11.2. The summed E-state index contributed by atoms with van der Waals surface area (Å²) in [7, 11) is 1.85. The molecule has 0 spiro atoms. The molecule has 0 radical (unpaired) electrons. The molecule has 16 heavy (non-hydrogen) atoms. The molecule has 2 nitrogen and oxygen atoms in total. The van der Waals surface area contributed by atoms with Gasteiger partial charge in [-0.05, 0) is 38.6 Å². The van der Waals surface area contributed by atoms with E-state index in [1.807, 2.05) is 7.05 Å². The fourth-order valence-electron chi connectivity index (χ4n) is 3.08. The molecular formula is C14H27NO. The zero-order chi connectivity index (χ0) is 12.1. The van der Waals surface area contributed by atoms with E-state index in [1.54, 1.807) is 5.57 Å². The summed E-state index contributed by atoms with van der Waals surface area (Å²) < 4.78 is 0. The van der Waals surface area contributed by atoms with Gasteiger partial charge in [-0.2, -0.15) is 0 Å². The van der Waals surface area contributed by atoms with Crippen LogP contribution in [0.15, 0.2) is 11.1 Å². The minimum atomic E-state index is -0.378. The van der Waals surface area contributed by atoms with Gasteiger partial charge >= 0.3 is 0 Å². The van der Waals surface area contributed by atoms with E-state index in [1.165, 1.54) is 31.3 Å². The monoisotopic (exact) mass is 225 g/mol. The Labute approximate surface area is 100 Å². The van der Waals surface area contributed by atoms with Crippen molar-refractivity contribution in [3.8, 4) is 0 Å². The first-order valence-electron chi connectivity index (χ1n) is 6.71. The molecule has 94 valence electrons. The Morgan fingerprint density at radius 3 is 2.62 bits per heavy atom. The maximum atomic E-state index is 10.1. The highest BCUT2D eigenvalue weighted by Gasteiger charge is 2.31. The minimum absolute atomic E-state index is 0.324. The Morgan fingerprint density at radius 2 is 2.12 bits per heavy atom. The lowest BCUT2D eigenvalue weighted by molar-refractivity contribution is 0.0645. The van der Waals surface area contributed by atoms with Gasteiger partial charge in [0.05, 0.1) is 0 Å². The molecule has 0 aromatic carbocycles. The van der Waals surface area contributed by atoms with Gasteiger partial charge < -0.3 is 5.11 Å². The summed E-state index contributed by atoms with van der Waals surface area (Å²) in [6.45, 7) is 6.73. The first kappa shape index (κ1) is 13.7. The lowest BCUT2D eigenvalue weighted by Gasteiger charge is -2.36. The van der Waals surface area contributed by atoms with E-state index >= 15 is 0 Å². The number of aliphatic hydroxyl groups is 1. The molecule has 0 saturated carbocycles. The Bertz CT molecular complexity index is 247. The molecule has 0 fully saturated rings. The summed E-state index contributed by atoms with van der Waals surface area (Å²) >= 11 is 0. The maximum absolute atomic E-state index is 10.1. The summed E-state index contributed by atoms with van der Waals surface area (Å²) in [5, 5.41) is 13.1. The van der Waals surface area contributed by atoms with E-state index in [0.717, 1.165) is 6.42 Å². The maximum Gasteiger partial charge on any atom is 0.111 e. The molecule has 2 N–H and O–H groups in total. The van der Waals surface area contributed by atoms with Gasteiger partial charge in [0.2, 0.25) is 0 Å². The molecule has 0 aliphatic heterocycles. The number of hydrogen-bond donors (Lipinski definition) is 2. The van der Waals surface area contributed by atoms with Gasteiger partial charge in [0.1, 0.15) is 6.23 Å². The topological polar surface area (TPSA) is 32.3 Å². The minimum Gasteiger partial charge on any atom is -0.378 e. The van der Waals surface area contributed by atoms with Gasteiger partial charge in [-0.25, -0.2) is 0 Å². The average Bonchev–Trinajstić information content (AvgIpc) is 2.30. The van der Waals surface area contributed by atoms with Gasteiger partial charge in [-0.3, -0.25) is 5.32 Å². The highest BCUT2D eigenvalue weighted by molar-refractivity contribution is 5.22. The molecule has 2 heteroatoms. The SMILES string of the molecule is CCCC1=C(CC)C(C(O)NC)C(C)CC1. The van der Waals surface area contributed by atoms with E-state index in [9.17, 15) is 5.11 Å². The van der Waals surface area contributed by atoms with Gasteiger partial charge in [0.25, 0.3) is 0 Å². The molecule has 0 aromatic heterocycles. The lowest BCUT2D eigenvalue weighted by atomic mass is 9.73. The first-order chi connectivity index (χ1) is 7.65. The van der Waals surface area contributed by atoms with Gasteiger partial charge in [-0.1, -0.05) is 38.3 Å². The van der Waals surface area contributed by atoms with E-state index in [2.05, 4.69) is 26.1 Å². The van der Waals surface area contributed by atoms with Crippen molar-refractivity contribution in [3.63, 3.8) is 0 Å². The molecule has 3 atom stereocenters. The summed E-state index contributed by atoms with van der Waals surface area (Å²) in [6.07, 6.45) is 5.60. The second kappa shape index (κ2) is 6.41. The van der Waals surface area contributed by atoms with Crippen LogP contribution in [0.25, 0.3) is 0 Å². The smallest absolute Gasteiger partial charge is 0.111 e. The molecule has 1 rings (SSSR count). The van der Waals surface area contributed by atoms with Crippen LogP contribution in [0.3, 0.4) is 0 Å². The van der Waals surface area contributed by atoms with Crippen LogP contribution in [0.1, 0.15) is 52.9 Å². The van der Waals surface area contributed by atoms with Crippen LogP contribution in [0.4, 0.5) is 0 Å². The fraction of sp³-hybridized carbons (Fsp3) is 0.857. The van der Waals surface area contributed by atoms with Crippen LogP contribution >= 0.6 is 0 Å². The summed E-state index contributed by atoms with van der Waals surface area (Å²) in [5.41, 5.74) is 3.13. The quantitative estimate of drug-likeness (QED) is 0.557. The standard InChI is InChI=1S/C14H27NO/c1-5-7-11-9-8-10(3)13(12(11)6-2)14(16)15-4/h10,13-16H,5-9H2,1-4H3. The third-order valence-electron chi connectivity index (χ3n) is 3.94. The van der Waals surface area contributed by atoms with E-state index in [0.29, 0.717) is 11.8 Å². The number of hydrogen-bond acceptors (Lipinski definition) is 2. The summed E-state index contributed by atoms with van der Waals surface area (Å²) in [5.74, 6) is 0.920. The molecular weight excluding hydrogens is 198 g/mol. The third-order valence-corrected chi connectivity index (χ3v) is 3.94. The van der Waals surface area contributed by atoms with Gasteiger partial charge in [0.15, 0.2) is 0 Å². The van der Waals surface area contributed by atoms with Crippen molar-refractivity contribution in [1.29, 1.82) is 0 Å². The predicted molar refractivity (Wildman–Crippen MR) is 69.2 cm³/mol. The number of nitrogens with one attached hydrogen (secondary N) is 1. The van der Waals surface area contributed by atoms with E-state index in [-0.39, 0.29) is 6.23 Å². The van der Waals surface area contributed by atoms with Crippen LogP contribution in [0.2, 0.25) is 0 Å². The Kier molecular flexibility index (Phi) is 5.50. The molecule has 1 aliphatic carbocycles. The predicted octanol–water partition coefficient (Wildman–Crippen LogP) is 3.08. The summed E-state index contributed by atoms with van der Waals surface area (Å²) in [4.78, 5) is 0. The van der Waals surface area contributed by atoms with Crippen LogP contribution in [-0.4, -0.2) is 18.4 Å². The van der Waals surface area contributed by atoms with Crippen LogP contribution in [0, 0.1) is 11.8 Å². The highest BCUT2D eigenvalue weighted by atomic mass is 16.3. The van der Waals surface area contributed by atoms with Crippen molar-refractivity contribution in [2.24, 2.45) is 11.8 Å². The molecule has 0 bridgehead atoms.